The van der Waals surface area contributed by atoms with Crippen molar-refractivity contribution in [2.75, 3.05) is 0 Å². The van der Waals surface area contributed by atoms with Crippen molar-refractivity contribution in [3.8, 4) is 0 Å². The van der Waals surface area contributed by atoms with Crippen LogP contribution in [0.4, 0.5) is 0 Å². The van der Waals surface area contributed by atoms with Crippen LogP contribution in [0.15, 0.2) is 24.3 Å². The van der Waals surface area contributed by atoms with Gasteiger partial charge in [0.2, 0.25) is 0 Å². The van der Waals surface area contributed by atoms with Gasteiger partial charge in [0.1, 0.15) is 6.10 Å². The summed E-state index contributed by atoms with van der Waals surface area (Å²) in [7, 11) is 0. The number of allylic oxidation sites excluding steroid dienone is 2. The predicted octanol–water partition coefficient (Wildman–Crippen LogP) is 4.75. The molecule has 0 aromatic rings. The van der Waals surface area contributed by atoms with E-state index >= 15 is 0 Å². The molecule has 0 saturated heterocycles. The molecular weight excluding hydrogens is 328 g/mol. The molecule has 6 atom stereocenters. The van der Waals surface area contributed by atoms with E-state index in [2.05, 4.69) is 26.5 Å². The van der Waals surface area contributed by atoms with E-state index in [1.807, 2.05) is 13.0 Å². The van der Waals surface area contributed by atoms with Gasteiger partial charge in [-0.15, -0.1) is 6.58 Å². The summed E-state index contributed by atoms with van der Waals surface area (Å²) in [6, 6.07) is 0. The first-order valence-electron chi connectivity index (χ1n) is 9.80. The zero-order valence-electron chi connectivity index (χ0n) is 16.5. The summed E-state index contributed by atoms with van der Waals surface area (Å²) in [5.41, 5.74) is 0.410. The van der Waals surface area contributed by atoms with Gasteiger partial charge in [-0.1, -0.05) is 38.0 Å². The molecule has 3 rings (SSSR count). The monoisotopic (exact) mass is 360 g/mol. The first-order valence-corrected chi connectivity index (χ1v) is 9.80. The molecule has 0 bridgehead atoms. The van der Waals surface area contributed by atoms with E-state index in [0.717, 1.165) is 38.5 Å². The quantitative estimate of drug-likeness (QED) is 0.583. The van der Waals surface area contributed by atoms with Gasteiger partial charge in [-0.3, -0.25) is 9.59 Å². The third-order valence-electron chi connectivity index (χ3n) is 7.87. The molecule has 0 aromatic heterocycles. The Labute approximate surface area is 156 Å². The molecule has 0 aromatic carbocycles. The Morgan fingerprint density at radius 1 is 1.31 bits per heavy atom. The minimum absolute atomic E-state index is 0.0592. The van der Waals surface area contributed by atoms with Crippen LogP contribution >= 0.6 is 0 Å². The molecule has 3 aliphatic carbocycles. The van der Waals surface area contributed by atoms with Gasteiger partial charge in [0.15, 0.2) is 0 Å². The van der Waals surface area contributed by atoms with Crippen LogP contribution in [0, 0.1) is 28.1 Å². The van der Waals surface area contributed by atoms with Crippen LogP contribution in [0.3, 0.4) is 0 Å². The molecular formula is C22H32O4. The summed E-state index contributed by atoms with van der Waals surface area (Å²) in [6.45, 7) is 11.8. The maximum atomic E-state index is 12.1. The van der Waals surface area contributed by atoms with Crippen molar-refractivity contribution >= 4 is 11.9 Å². The number of esters is 1. The molecule has 4 nitrogen and oxygen atoms in total. The molecule has 26 heavy (non-hydrogen) atoms. The summed E-state index contributed by atoms with van der Waals surface area (Å²) in [5.74, 6) is -0.528. The number of hydrogen-bond donors (Lipinski definition) is 1. The highest BCUT2D eigenvalue weighted by molar-refractivity contribution is 5.75. The second-order valence-electron chi connectivity index (χ2n) is 9.42. The number of ether oxygens (including phenoxy) is 1. The predicted molar refractivity (Wildman–Crippen MR) is 100 cm³/mol. The highest BCUT2D eigenvalue weighted by Gasteiger charge is 2.59. The summed E-state index contributed by atoms with van der Waals surface area (Å²) >= 11 is 0. The Hall–Kier alpha value is -1.58. The zero-order chi connectivity index (χ0) is 19.3. The van der Waals surface area contributed by atoms with Crippen molar-refractivity contribution in [2.24, 2.45) is 28.1 Å². The summed E-state index contributed by atoms with van der Waals surface area (Å²) < 4.78 is 5.72. The Morgan fingerprint density at radius 3 is 2.58 bits per heavy atom. The molecule has 0 heterocycles. The van der Waals surface area contributed by atoms with Crippen LogP contribution in [-0.4, -0.2) is 23.1 Å². The Balaban J connectivity index is 2.01. The van der Waals surface area contributed by atoms with Gasteiger partial charge in [0.05, 0.1) is 5.41 Å². The Morgan fingerprint density at radius 2 is 2.00 bits per heavy atom. The molecule has 0 unspecified atom stereocenters. The van der Waals surface area contributed by atoms with E-state index in [1.54, 1.807) is 0 Å². The second kappa shape index (κ2) is 6.24. The van der Waals surface area contributed by atoms with Gasteiger partial charge >= 0.3 is 11.9 Å². The van der Waals surface area contributed by atoms with Crippen LogP contribution in [0.25, 0.3) is 0 Å². The normalized spacial score (nSPS) is 44.9. The second-order valence-corrected chi connectivity index (χ2v) is 9.42. The lowest BCUT2D eigenvalue weighted by Gasteiger charge is -2.59. The van der Waals surface area contributed by atoms with Gasteiger partial charge in [-0.05, 0) is 56.3 Å². The minimum Gasteiger partial charge on any atom is -0.481 e. The average molecular weight is 360 g/mol. The molecule has 2 saturated carbocycles. The molecule has 1 N–H and O–H groups in total. The van der Waals surface area contributed by atoms with Gasteiger partial charge in [0, 0.05) is 12.3 Å². The molecule has 3 aliphatic rings. The minimum atomic E-state index is -0.675. The largest absolute Gasteiger partial charge is 0.481 e. The zero-order valence-corrected chi connectivity index (χ0v) is 16.5. The lowest BCUT2D eigenvalue weighted by Crippen LogP contribution is -2.55. The van der Waals surface area contributed by atoms with E-state index in [0.29, 0.717) is 0 Å². The number of rotatable bonds is 3. The molecule has 0 aliphatic heterocycles. The van der Waals surface area contributed by atoms with Crippen LogP contribution in [-0.2, 0) is 14.3 Å². The van der Waals surface area contributed by atoms with Crippen molar-refractivity contribution < 1.29 is 19.4 Å². The number of carbonyl (C=O) groups excluding carboxylic acids is 1. The lowest BCUT2D eigenvalue weighted by atomic mass is 9.45. The summed E-state index contributed by atoms with van der Waals surface area (Å²) in [4.78, 5) is 23.8. The van der Waals surface area contributed by atoms with E-state index in [4.69, 9.17) is 4.74 Å². The average Bonchev–Trinajstić information content (AvgIpc) is 2.55. The fourth-order valence-electron chi connectivity index (χ4n) is 6.19. The number of carbonyl (C=O) groups is 2. The number of aliphatic carboxylic acids is 1. The molecule has 144 valence electrons. The van der Waals surface area contributed by atoms with Crippen molar-refractivity contribution in [1.82, 2.24) is 0 Å². The highest BCUT2D eigenvalue weighted by Crippen LogP contribution is 2.64. The van der Waals surface area contributed by atoms with Crippen LogP contribution in [0.1, 0.15) is 66.2 Å². The van der Waals surface area contributed by atoms with E-state index in [1.165, 1.54) is 12.5 Å². The third kappa shape index (κ3) is 2.73. The molecule has 0 radical (unpaired) electrons. The van der Waals surface area contributed by atoms with Crippen molar-refractivity contribution in [3.63, 3.8) is 0 Å². The maximum Gasteiger partial charge on any atom is 0.309 e. The van der Waals surface area contributed by atoms with Gasteiger partial charge in [0.25, 0.3) is 0 Å². The van der Waals surface area contributed by atoms with Gasteiger partial charge in [-0.25, -0.2) is 0 Å². The van der Waals surface area contributed by atoms with Crippen molar-refractivity contribution in [3.05, 3.63) is 24.3 Å². The number of fused-ring (bicyclic) bond motifs is 3. The lowest BCUT2D eigenvalue weighted by molar-refractivity contribution is -0.167. The fourth-order valence-corrected chi connectivity index (χ4v) is 6.19. The van der Waals surface area contributed by atoms with E-state index in [9.17, 15) is 14.7 Å². The summed E-state index contributed by atoms with van der Waals surface area (Å²) in [5, 5.41) is 9.94. The highest BCUT2D eigenvalue weighted by atomic mass is 16.5. The Kier molecular flexibility index (Phi) is 4.61. The number of carboxylic acid groups (broad SMARTS) is 1. The molecule has 0 amide bonds. The first kappa shape index (κ1) is 19.2. The standard InChI is InChI=1S/C22H32O4/c1-6-20(3)13-15-8-9-17-21(4,10-7-11-22(17,5)19(24)25)16(15)12-18(20)26-14(2)23/h6,8,16-18H,1,7,9-13H2,2-5H3,(H,24,25)/t16-,17+,18+,20+,21+,22+/m0/s1. The number of hydrogen-bond acceptors (Lipinski definition) is 3. The third-order valence-corrected chi connectivity index (χ3v) is 7.87. The fraction of sp³-hybridized carbons (Fsp3) is 0.727. The van der Waals surface area contributed by atoms with Gasteiger partial charge in [-0.2, -0.15) is 0 Å². The smallest absolute Gasteiger partial charge is 0.309 e. The molecule has 4 heteroatoms. The summed E-state index contributed by atoms with van der Waals surface area (Å²) in [6.07, 6.45) is 9.17. The molecule has 2 fully saturated rings. The van der Waals surface area contributed by atoms with Crippen LogP contribution in [0.2, 0.25) is 0 Å². The topological polar surface area (TPSA) is 63.6 Å². The number of carboxylic acids is 1. The van der Waals surface area contributed by atoms with Crippen molar-refractivity contribution in [1.29, 1.82) is 0 Å². The Bertz CT molecular complexity index is 665. The molecule has 0 spiro atoms. The first-order chi connectivity index (χ1) is 12.1. The van der Waals surface area contributed by atoms with Crippen LogP contribution < -0.4 is 0 Å². The SMILES string of the molecule is C=C[C@]1(C)CC2=CC[C@@H]3[C@](C)(CCC[C@@]3(C)C(=O)O)[C@H]2C[C@H]1OC(C)=O. The van der Waals surface area contributed by atoms with Crippen molar-refractivity contribution in [2.45, 2.75) is 72.3 Å². The van der Waals surface area contributed by atoms with Crippen LogP contribution in [0.5, 0.6) is 0 Å². The van der Waals surface area contributed by atoms with E-state index in [-0.39, 0.29) is 34.7 Å². The maximum absolute atomic E-state index is 12.1. The van der Waals surface area contributed by atoms with Gasteiger partial charge < -0.3 is 9.84 Å². The van der Waals surface area contributed by atoms with E-state index < -0.39 is 11.4 Å².